The first-order valence-corrected chi connectivity index (χ1v) is 4.66. The van der Waals surface area contributed by atoms with Gasteiger partial charge in [-0.2, -0.15) is 0 Å². The van der Waals surface area contributed by atoms with Crippen molar-refractivity contribution >= 4 is 15.9 Å². The van der Waals surface area contributed by atoms with Crippen molar-refractivity contribution in [2.45, 2.75) is 19.6 Å². The molecule has 3 nitrogen and oxygen atoms in total. The van der Waals surface area contributed by atoms with E-state index < -0.39 is 18.7 Å². The van der Waals surface area contributed by atoms with Gasteiger partial charge < -0.3 is 10.8 Å². The summed E-state index contributed by atoms with van der Waals surface area (Å²) in [6.07, 6.45) is -2.71. The zero-order chi connectivity index (χ0) is 10.7. The Morgan fingerprint density at radius 3 is 2.64 bits per heavy atom. The van der Waals surface area contributed by atoms with Gasteiger partial charge in [0, 0.05) is 12.1 Å². The molecule has 0 aliphatic rings. The Morgan fingerprint density at radius 1 is 1.57 bits per heavy atom. The maximum absolute atomic E-state index is 12.5. The van der Waals surface area contributed by atoms with Crippen molar-refractivity contribution in [1.29, 1.82) is 0 Å². The molecular weight excluding hydrogens is 258 g/mol. The Kier molecular flexibility index (Phi) is 3.91. The van der Waals surface area contributed by atoms with Crippen LogP contribution in [0.5, 0.6) is 0 Å². The molecule has 0 aliphatic carbocycles. The average Bonchev–Trinajstić information content (AvgIpc) is 2.16. The van der Waals surface area contributed by atoms with Gasteiger partial charge in [-0.1, -0.05) is 0 Å². The lowest BCUT2D eigenvalue weighted by Gasteiger charge is -2.10. The highest BCUT2D eigenvalue weighted by molar-refractivity contribution is 9.10. The van der Waals surface area contributed by atoms with E-state index in [9.17, 15) is 8.78 Å². The van der Waals surface area contributed by atoms with Crippen LogP contribution in [0, 0.1) is 0 Å². The standard InChI is InChI=1S/C8H9BrF2N2O/c9-6-1-4(2-12)5(3-14)7(13-6)8(10)11/h1,8,14H,2-3,12H2. The lowest BCUT2D eigenvalue weighted by molar-refractivity contribution is 0.141. The van der Waals surface area contributed by atoms with Gasteiger partial charge in [-0.3, -0.25) is 0 Å². The summed E-state index contributed by atoms with van der Waals surface area (Å²) in [5.41, 5.74) is 5.54. The molecule has 1 rings (SSSR count). The second-order valence-corrected chi connectivity index (χ2v) is 3.44. The van der Waals surface area contributed by atoms with E-state index in [0.717, 1.165) is 0 Å². The SMILES string of the molecule is NCc1cc(Br)nc(C(F)F)c1CO. The molecule has 0 unspecified atom stereocenters. The maximum Gasteiger partial charge on any atom is 0.280 e. The zero-order valence-corrected chi connectivity index (χ0v) is 8.76. The molecule has 0 saturated carbocycles. The number of hydrogen-bond donors (Lipinski definition) is 2. The minimum absolute atomic E-state index is 0.0940. The van der Waals surface area contributed by atoms with Crippen LogP contribution >= 0.6 is 15.9 Å². The van der Waals surface area contributed by atoms with Crippen molar-refractivity contribution in [3.8, 4) is 0 Å². The normalized spacial score (nSPS) is 11.0. The topological polar surface area (TPSA) is 59.1 Å². The molecule has 14 heavy (non-hydrogen) atoms. The molecule has 0 amide bonds. The third-order valence-electron chi connectivity index (χ3n) is 1.80. The second kappa shape index (κ2) is 4.77. The number of aliphatic hydroxyl groups excluding tert-OH is 1. The van der Waals surface area contributed by atoms with E-state index in [2.05, 4.69) is 20.9 Å². The molecule has 1 aromatic rings. The fourth-order valence-electron chi connectivity index (χ4n) is 1.16. The molecule has 0 aliphatic heterocycles. The van der Waals surface area contributed by atoms with Crippen LogP contribution in [-0.2, 0) is 13.2 Å². The van der Waals surface area contributed by atoms with Gasteiger partial charge in [0.1, 0.15) is 10.3 Å². The molecule has 1 heterocycles. The molecule has 0 radical (unpaired) electrons. The number of rotatable bonds is 3. The summed E-state index contributed by atoms with van der Waals surface area (Å²) in [6, 6.07) is 1.53. The maximum atomic E-state index is 12.5. The molecule has 1 aromatic heterocycles. The summed E-state index contributed by atoms with van der Waals surface area (Å²) in [4.78, 5) is 3.60. The molecule has 78 valence electrons. The molecule has 0 bridgehead atoms. The molecular formula is C8H9BrF2N2O. The highest BCUT2D eigenvalue weighted by Gasteiger charge is 2.18. The molecule has 0 fully saturated rings. The first kappa shape index (κ1) is 11.5. The van der Waals surface area contributed by atoms with Crippen molar-refractivity contribution in [3.63, 3.8) is 0 Å². The first-order chi connectivity index (χ1) is 6.60. The number of aromatic nitrogens is 1. The largest absolute Gasteiger partial charge is 0.392 e. The predicted molar refractivity (Wildman–Crippen MR) is 50.7 cm³/mol. The Labute approximate surface area is 88.1 Å². The summed E-state index contributed by atoms with van der Waals surface area (Å²) in [6.45, 7) is -0.386. The quantitative estimate of drug-likeness (QED) is 0.820. The third-order valence-corrected chi connectivity index (χ3v) is 2.21. The lowest BCUT2D eigenvalue weighted by Crippen LogP contribution is -2.08. The van der Waals surface area contributed by atoms with Crippen LogP contribution in [0.25, 0.3) is 0 Å². The van der Waals surface area contributed by atoms with Gasteiger partial charge in [-0.15, -0.1) is 0 Å². The van der Waals surface area contributed by atoms with E-state index in [-0.39, 0.29) is 12.1 Å². The van der Waals surface area contributed by atoms with Crippen molar-refractivity contribution in [3.05, 3.63) is 27.5 Å². The second-order valence-electron chi connectivity index (χ2n) is 2.63. The van der Waals surface area contributed by atoms with Gasteiger partial charge >= 0.3 is 0 Å². The summed E-state index contributed by atoms with van der Waals surface area (Å²) >= 11 is 3.00. The van der Waals surface area contributed by atoms with Crippen LogP contribution in [0.4, 0.5) is 8.78 Å². The van der Waals surface area contributed by atoms with E-state index in [1.54, 1.807) is 0 Å². The van der Waals surface area contributed by atoms with Gasteiger partial charge in [-0.05, 0) is 27.6 Å². The van der Waals surface area contributed by atoms with Crippen LogP contribution in [0.15, 0.2) is 10.7 Å². The Hall–Kier alpha value is -0.590. The van der Waals surface area contributed by atoms with E-state index >= 15 is 0 Å². The minimum atomic E-state index is -2.71. The summed E-state index contributed by atoms with van der Waals surface area (Å²) in [7, 11) is 0. The average molecular weight is 267 g/mol. The van der Waals surface area contributed by atoms with Crippen LogP contribution in [0.1, 0.15) is 23.2 Å². The summed E-state index contributed by atoms with van der Waals surface area (Å²) in [5, 5.41) is 8.93. The van der Waals surface area contributed by atoms with E-state index in [1.165, 1.54) is 6.07 Å². The number of nitrogens with two attached hydrogens (primary N) is 1. The van der Waals surface area contributed by atoms with Crippen LogP contribution < -0.4 is 5.73 Å². The van der Waals surface area contributed by atoms with Gasteiger partial charge in [0.2, 0.25) is 0 Å². The molecule has 3 N–H and O–H groups in total. The Balaban J connectivity index is 3.31. The zero-order valence-electron chi connectivity index (χ0n) is 7.17. The fourth-order valence-corrected chi connectivity index (χ4v) is 1.62. The third kappa shape index (κ3) is 2.26. The van der Waals surface area contributed by atoms with E-state index in [1.807, 2.05) is 0 Å². The fraction of sp³-hybridized carbons (Fsp3) is 0.375. The van der Waals surface area contributed by atoms with Gasteiger partial charge in [0.25, 0.3) is 6.43 Å². The van der Waals surface area contributed by atoms with Gasteiger partial charge in [0.15, 0.2) is 0 Å². The monoisotopic (exact) mass is 266 g/mol. The number of hydrogen-bond acceptors (Lipinski definition) is 3. The van der Waals surface area contributed by atoms with Crippen LogP contribution in [-0.4, -0.2) is 10.1 Å². The van der Waals surface area contributed by atoms with Crippen molar-refractivity contribution < 1.29 is 13.9 Å². The van der Waals surface area contributed by atoms with Crippen molar-refractivity contribution in [1.82, 2.24) is 4.98 Å². The summed E-state index contributed by atoms with van der Waals surface area (Å²) < 4.78 is 25.2. The van der Waals surface area contributed by atoms with Crippen molar-refractivity contribution in [2.24, 2.45) is 5.73 Å². The number of nitrogens with zero attached hydrogens (tertiary/aromatic N) is 1. The molecule has 0 saturated heterocycles. The van der Waals surface area contributed by atoms with Crippen LogP contribution in [0.3, 0.4) is 0 Å². The summed E-state index contributed by atoms with van der Waals surface area (Å²) in [5.74, 6) is 0. The number of aliphatic hydroxyl groups is 1. The molecule has 0 atom stereocenters. The molecule has 0 spiro atoms. The highest BCUT2D eigenvalue weighted by Crippen LogP contribution is 2.26. The smallest absolute Gasteiger partial charge is 0.280 e. The number of alkyl halides is 2. The Bertz CT molecular complexity index is 333. The molecule has 6 heteroatoms. The van der Waals surface area contributed by atoms with Gasteiger partial charge in [-0.25, -0.2) is 13.8 Å². The van der Waals surface area contributed by atoms with E-state index in [4.69, 9.17) is 10.8 Å². The number of pyridine rings is 1. The first-order valence-electron chi connectivity index (χ1n) is 3.87. The van der Waals surface area contributed by atoms with Gasteiger partial charge in [0.05, 0.1) is 6.61 Å². The number of halogens is 3. The van der Waals surface area contributed by atoms with Crippen LogP contribution in [0.2, 0.25) is 0 Å². The molecule has 0 aromatic carbocycles. The lowest BCUT2D eigenvalue weighted by atomic mass is 10.1. The Morgan fingerprint density at radius 2 is 2.21 bits per heavy atom. The van der Waals surface area contributed by atoms with E-state index in [0.29, 0.717) is 10.2 Å². The minimum Gasteiger partial charge on any atom is -0.392 e. The predicted octanol–water partition coefficient (Wildman–Crippen LogP) is 1.73. The van der Waals surface area contributed by atoms with Crippen molar-refractivity contribution in [2.75, 3.05) is 0 Å². The highest BCUT2D eigenvalue weighted by atomic mass is 79.9.